The van der Waals surface area contributed by atoms with Crippen molar-refractivity contribution in [3.05, 3.63) is 65.2 Å². The fraction of sp³-hybridized carbons (Fsp3) is 0.267. The molecule has 0 saturated carbocycles. The molecule has 0 saturated heterocycles. The summed E-state index contributed by atoms with van der Waals surface area (Å²) >= 11 is 0. The largest absolute Gasteiger partial charge is 0.323 e. The molecule has 0 radical (unpaired) electrons. The van der Waals surface area contributed by atoms with Crippen LogP contribution in [0.4, 0.5) is 4.39 Å². The van der Waals surface area contributed by atoms with Crippen molar-refractivity contribution in [2.24, 2.45) is 5.73 Å². The zero-order valence-corrected chi connectivity index (χ0v) is 10.0. The Labute approximate surface area is 106 Å². The summed E-state index contributed by atoms with van der Waals surface area (Å²) in [6.07, 6.45) is 4.85. The predicted octanol–water partition coefficient (Wildman–Crippen LogP) is 2.95. The first kappa shape index (κ1) is 11.4. The summed E-state index contributed by atoms with van der Waals surface area (Å²) < 4.78 is 13.7. The molecule has 2 N–H and O–H groups in total. The fourth-order valence-electron chi connectivity index (χ4n) is 2.84. The Morgan fingerprint density at radius 3 is 2.94 bits per heavy atom. The van der Waals surface area contributed by atoms with Crippen LogP contribution in [-0.4, -0.2) is 4.98 Å². The molecule has 3 rings (SSSR count). The van der Waals surface area contributed by atoms with Crippen molar-refractivity contribution >= 4 is 0 Å². The quantitative estimate of drug-likeness (QED) is 0.879. The molecule has 18 heavy (non-hydrogen) atoms. The van der Waals surface area contributed by atoms with Crippen molar-refractivity contribution in [3.63, 3.8) is 0 Å². The van der Waals surface area contributed by atoms with Crippen molar-refractivity contribution in [2.75, 3.05) is 0 Å². The molecule has 1 heterocycles. The molecule has 92 valence electrons. The Kier molecular flexibility index (Phi) is 2.84. The summed E-state index contributed by atoms with van der Waals surface area (Å²) in [5, 5.41) is 0. The minimum Gasteiger partial charge on any atom is -0.323 e. The van der Waals surface area contributed by atoms with Gasteiger partial charge in [0.15, 0.2) is 0 Å². The number of nitrogens with two attached hydrogens (primary N) is 1. The van der Waals surface area contributed by atoms with E-state index in [-0.39, 0.29) is 17.8 Å². The highest BCUT2D eigenvalue weighted by Crippen LogP contribution is 2.40. The molecule has 2 atom stereocenters. The summed E-state index contributed by atoms with van der Waals surface area (Å²) in [7, 11) is 0. The third kappa shape index (κ3) is 1.81. The fourth-order valence-corrected chi connectivity index (χ4v) is 2.84. The van der Waals surface area contributed by atoms with Gasteiger partial charge in [0, 0.05) is 23.7 Å². The maximum atomic E-state index is 13.7. The van der Waals surface area contributed by atoms with Crippen molar-refractivity contribution in [1.82, 2.24) is 4.98 Å². The maximum absolute atomic E-state index is 13.7. The predicted molar refractivity (Wildman–Crippen MR) is 68.6 cm³/mol. The molecule has 2 unspecified atom stereocenters. The van der Waals surface area contributed by atoms with E-state index in [1.807, 2.05) is 12.1 Å². The highest BCUT2D eigenvalue weighted by atomic mass is 19.1. The first-order valence-electron chi connectivity index (χ1n) is 6.20. The summed E-state index contributed by atoms with van der Waals surface area (Å²) in [6, 6.07) is 9.68. The molecule has 1 aromatic carbocycles. The lowest BCUT2D eigenvalue weighted by molar-refractivity contribution is 0.511. The van der Waals surface area contributed by atoms with E-state index in [9.17, 15) is 4.39 Å². The lowest BCUT2D eigenvalue weighted by Gasteiger charge is -2.21. The Balaban J connectivity index is 1.96. The zero-order valence-electron chi connectivity index (χ0n) is 10.0. The first-order valence-corrected chi connectivity index (χ1v) is 6.20. The van der Waals surface area contributed by atoms with Gasteiger partial charge in [-0.25, -0.2) is 4.39 Å². The van der Waals surface area contributed by atoms with Crippen LogP contribution in [-0.2, 0) is 6.42 Å². The Morgan fingerprint density at radius 2 is 2.11 bits per heavy atom. The number of halogens is 1. The van der Waals surface area contributed by atoms with Crippen molar-refractivity contribution in [2.45, 2.75) is 24.8 Å². The summed E-state index contributed by atoms with van der Waals surface area (Å²) in [6.45, 7) is 0. The third-order valence-electron chi connectivity index (χ3n) is 3.78. The maximum Gasteiger partial charge on any atom is 0.146 e. The van der Waals surface area contributed by atoms with Gasteiger partial charge < -0.3 is 5.73 Å². The number of nitrogens with zero attached hydrogens (tertiary/aromatic N) is 1. The zero-order chi connectivity index (χ0) is 12.5. The lowest BCUT2D eigenvalue weighted by atomic mass is 9.89. The summed E-state index contributed by atoms with van der Waals surface area (Å²) in [4.78, 5) is 3.77. The SMILES string of the molecule is NC(c1ccncc1F)C1CCc2ccccc21. The molecular weight excluding hydrogens is 227 g/mol. The second-order valence-electron chi connectivity index (χ2n) is 4.77. The van der Waals surface area contributed by atoms with E-state index in [0.29, 0.717) is 5.56 Å². The van der Waals surface area contributed by atoms with Crippen LogP contribution in [0.25, 0.3) is 0 Å². The molecule has 2 aromatic rings. The Morgan fingerprint density at radius 1 is 1.28 bits per heavy atom. The Hall–Kier alpha value is -1.74. The number of benzene rings is 1. The van der Waals surface area contributed by atoms with Gasteiger partial charge >= 0.3 is 0 Å². The van der Waals surface area contributed by atoms with Gasteiger partial charge in [0.25, 0.3) is 0 Å². The molecule has 0 fully saturated rings. The average molecular weight is 242 g/mol. The van der Waals surface area contributed by atoms with E-state index in [2.05, 4.69) is 17.1 Å². The van der Waals surface area contributed by atoms with Crippen LogP contribution in [0.2, 0.25) is 0 Å². The van der Waals surface area contributed by atoms with Crippen LogP contribution in [0.5, 0.6) is 0 Å². The molecule has 0 aliphatic heterocycles. The smallest absolute Gasteiger partial charge is 0.146 e. The van der Waals surface area contributed by atoms with E-state index in [4.69, 9.17) is 5.73 Å². The third-order valence-corrected chi connectivity index (χ3v) is 3.78. The number of pyridine rings is 1. The molecular formula is C15H15FN2. The number of aryl methyl sites for hydroxylation is 1. The van der Waals surface area contributed by atoms with E-state index >= 15 is 0 Å². The second-order valence-corrected chi connectivity index (χ2v) is 4.77. The van der Waals surface area contributed by atoms with Gasteiger partial charge in [-0.15, -0.1) is 0 Å². The number of hydrogen-bond acceptors (Lipinski definition) is 2. The molecule has 1 aliphatic rings. The van der Waals surface area contributed by atoms with Gasteiger partial charge in [0.1, 0.15) is 5.82 Å². The van der Waals surface area contributed by atoms with Gasteiger partial charge in [-0.2, -0.15) is 0 Å². The average Bonchev–Trinajstić information content (AvgIpc) is 2.82. The highest BCUT2D eigenvalue weighted by molar-refractivity contribution is 5.38. The van der Waals surface area contributed by atoms with Crippen molar-refractivity contribution in [1.29, 1.82) is 0 Å². The minimum atomic E-state index is -0.311. The number of aromatic nitrogens is 1. The van der Waals surface area contributed by atoms with Gasteiger partial charge in [-0.3, -0.25) is 4.98 Å². The molecule has 1 aliphatic carbocycles. The lowest BCUT2D eigenvalue weighted by Crippen LogP contribution is -2.19. The molecule has 3 heteroatoms. The van der Waals surface area contributed by atoms with Crippen LogP contribution in [0.1, 0.15) is 35.1 Å². The monoisotopic (exact) mass is 242 g/mol. The summed E-state index contributed by atoms with van der Waals surface area (Å²) in [5.41, 5.74) is 9.42. The first-order chi connectivity index (χ1) is 8.77. The van der Waals surface area contributed by atoms with Crippen LogP contribution in [0, 0.1) is 5.82 Å². The number of rotatable bonds is 2. The van der Waals surface area contributed by atoms with Gasteiger partial charge in [0.05, 0.1) is 6.20 Å². The number of fused-ring (bicyclic) bond motifs is 1. The topological polar surface area (TPSA) is 38.9 Å². The number of hydrogen-bond donors (Lipinski definition) is 1. The molecule has 0 bridgehead atoms. The van der Waals surface area contributed by atoms with Crippen LogP contribution >= 0.6 is 0 Å². The second kappa shape index (κ2) is 4.50. The minimum absolute atomic E-state index is 0.207. The highest BCUT2D eigenvalue weighted by Gasteiger charge is 2.29. The van der Waals surface area contributed by atoms with Gasteiger partial charge in [-0.05, 0) is 30.0 Å². The molecule has 0 amide bonds. The van der Waals surface area contributed by atoms with Crippen molar-refractivity contribution < 1.29 is 4.39 Å². The van der Waals surface area contributed by atoms with Gasteiger partial charge in [-0.1, -0.05) is 24.3 Å². The van der Waals surface area contributed by atoms with Crippen LogP contribution in [0.3, 0.4) is 0 Å². The van der Waals surface area contributed by atoms with E-state index in [1.165, 1.54) is 17.3 Å². The normalized spacial score (nSPS) is 19.6. The van der Waals surface area contributed by atoms with E-state index < -0.39 is 0 Å². The summed E-state index contributed by atoms with van der Waals surface area (Å²) in [5.74, 6) is -0.104. The van der Waals surface area contributed by atoms with E-state index in [0.717, 1.165) is 12.8 Å². The standard InChI is InChI=1S/C15H15FN2/c16-14-9-18-8-7-13(14)15(17)12-6-5-10-3-1-2-4-11(10)12/h1-4,7-9,12,15H,5-6,17H2. The molecule has 2 nitrogen and oxygen atoms in total. The Bertz CT molecular complexity index is 568. The van der Waals surface area contributed by atoms with E-state index in [1.54, 1.807) is 12.3 Å². The molecule has 0 spiro atoms. The van der Waals surface area contributed by atoms with Gasteiger partial charge in [0.2, 0.25) is 0 Å². The van der Waals surface area contributed by atoms with Crippen LogP contribution in [0.15, 0.2) is 42.7 Å². The molecule has 1 aromatic heterocycles. The van der Waals surface area contributed by atoms with Crippen LogP contribution < -0.4 is 5.73 Å². The van der Waals surface area contributed by atoms with Crippen molar-refractivity contribution in [3.8, 4) is 0 Å².